The second kappa shape index (κ2) is 11.4. The molecule has 0 bridgehead atoms. The van der Waals surface area contributed by atoms with Crippen LogP contribution in [-0.4, -0.2) is 40.1 Å². The van der Waals surface area contributed by atoms with Gasteiger partial charge in [-0.2, -0.15) is 0 Å². The van der Waals surface area contributed by atoms with Crippen molar-refractivity contribution in [3.8, 4) is 0 Å². The fraction of sp³-hybridized carbons (Fsp3) is 0.435. The highest BCUT2D eigenvalue weighted by Crippen LogP contribution is 2.29. The van der Waals surface area contributed by atoms with Crippen molar-refractivity contribution in [3.63, 3.8) is 0 Å². The first-order chi connectivity index (χ1) is 15.3. The van der Waals surface area contributed by atoms with E-state index >= 15 is 0 Å². The first-order valence-electron chi connectivity index (χ1n) is 10.7. The Kier molecular flexibility index (Phi) is 8.82. The van der Waals surface area contributed by atoms with Crippen LogP contribution in [-0.2, 0) is 19.6 Å². The number of carbonyl (C=O) groups is 1. The summed E-state index contributed by atoms with van der Waals surface area (Å²) >= 11 is 12.2. The van der Waals surface area contributed by atoms with Crippen molar-refractivity contribution < 1.29 is 17.9 Å². The van der Waals surface area contributed by atoms with Gasteiger partial charge in [0.25, 0.3) is 10.0 Å². The molecule has 1 aliphatic rings. The number of rotatable bonds is 10. The van der Waals surface area contributed by atoms with Gasteiger partial charge in [-0.1, -0.05) is 53.7 Å². The van der Waals surface area contributed by atoms with Crippen LogP contribution in [0.3, 0.4) is 0 Å². The molecule has 0 unspecified atom stereocenters. The molecule has 174 valence electrons. The Bertz CT molecular complexity index is 1000. The van der Waals surface area contributed by atoms with E-state index in [1.165, 1.54) is 43.2 Å². The van der Waals surface area contributed by atoms with Gasteiger partial charge >= 0.3 is 0 Å². The molecule has 6 nitrogen and oxygen atoms in total. The molecule has 1 aliphatic carbocycles. The first kappa shape index (κ1) is 24.8. The van der Waals surface area contributed by atoms with E-state index in [2.05, 4.69) is 5.32 Å². The first-order valence-corrected chi connectivity index (χ1v) is 12.9. The molecule has 0 saturated heterocycles. The number of hydrogen-bond acceptors (Lipinski definition) is 4. The number of halogens is 2. The number of hydrogen-bond donors (Lipinski definition) is 1. The zero-order valence-electron chi connectivity index (χ0n) is 18.0. The summed E-state index contributed by atoms with van der Waals surface area (Å²) in [5, 5.41) is 3.34. The number of nitrogens with one attached hydrogen (secondary N) is 1. The normalized spacial score (nSPS) is 14.5. The number of benzene rings is 2. The van der Waals surface area contributed by atoms with E-state index < -0.39 is 22.5 Å². The second-order valence-electron chi connectivity index (χ2n) is 7.93. The van der Waals surface area contributed by atoms with Crippen LogP contribution in [0, 0.1) is 6.92 Å². The summed E-state index contributed by atoms with van der Waals surface area (Å²) in [5.41, 5.74) is 1.15. The fourth-order valence-electron chi connectivity index (χ4n) is 3.63. The van der Waals surface area contributed by atoms with Gasteiger partial charge in [0.15, 0.2) is 0 Å². The van der Waals surface area contributed by atoms with Crippen LogP contribution in [0.2, 0.25) is 10.0 Å². The molecule has 0 heterocycles. The minimum Gasteiger partial charge on any atom is -0.378 e. The molecule has 0 spiro atoms. The van der Waals surface area contributed by atoms with Crippen LogP contribution in [0.4, 0.5) is 5.69 Å². The maximum absolute atomic E-state index is 13.4. The smallest absolute Gasteiger partial charge is 0.264 e. The van der Waals surface area contributed by atoms with Crippen molar-refractivity contribution in [1.82, 2.24) is 5.32 Å². The van der Waals surface area contributed by atoms with E-state index in [1.54, 1.807) is 12.1 Å². The van der Waals surface area contributed by atoms with Gasteiger partial charge in [0.2, 0.25) is 5.91 Å². The predicted octanol–water partition coefficient (Wildman–Crippen LogP) is 4.96. The van der Waals surface area contributed by atoms with Gasteiger partial charge in [0.1, 0.15) is 6.54 Å². The van der Waals surface area contributed by atoms with Crippen LogP contribution in [0.25, 0.3) is 0 Å². The molecule has 1 saturated carbocycles. The Hall–Kier alpha value is -1.80. The molecule has 0 radical (unpaired) electrons. The Morgan fingerprint density at radius 2 is 1.72 bits per heavy atom. The standard InChI is InChI=1S/C23H28Cl2N2O4S/c1-17-7-9-22(10-8-17)32(29,30)27(20-14-18(24)13-19(25)15-20)16-23(28)26-11-4-12-31-21-5-2-3-6-21/h7-10,13-15,21H,2-6,11-12,16H2,1H3,(H,26,28). The molecule has 32 heavy (non-hydrogen) atoms. The zero-order valence-corrected chi connectivity index (χ0v) is 20.3. The molecule has 1 fully saturated rings. The van der Waals surface area contributed by atoms with Crippen LogP contribution in [0.5, 0.6) is 0 Å². The van der Waals surface area contributed by atoms with E-state index in [-0.39, 0.29) is 20.6 Å². The SMILES string of the molecule is Cc1ccc(S(=O)(=O)N(CC(=O)NCCCOC2CCCC2)c2cc(Cl)cc(Cl)c2)cc1. The highest BCUT2D eigenvalue weighted by molar-refractivity contribution is 7.92. The monoisotopic (exact) mass is 498 g/mol. The summed E-state index contributed by atoms with van der Waals surface area (Å²) in [5.74, 6) is -0.419. The third-order valence-corrected chi connectivity index (χ3v) is 7.56. The number of carbonyl (C=O) groups excluding carboxylic acids is 1. The summed E-state index contributed by atoms with van der Waals surface area (Å²) in [7, 11) is -4.02. The van der Waals surface area contributed by atoms with Gasteiger partial charge in [0, 0.05) is 23.2 Å². The minimum absolute atomic E-state index is 0.0805. The van der Waals surface area contributed by atoms with Crippen LogP contribution < -0.4 is 9.62 Å². The largest absolute Gasteiger partial charge is 0.378 e. The molecule has 9 heteroatoms. The Morgan fingerprint density at radius 1 is 1.09 bits per heavy atom. The summed E-state index contributed by atoms with van der Waals surface area (Å²) in [6, 6.07) is 10.9. The van der Waals surface area contributed by atoms with Gasteiger partial charge in [-0.05, 0) is 56.5 Å². The molecule has 3 rings (SSSR count). The molecule has 0 aliphatic heterocycles. The van der Waals surface area contributed by atoms with Gasteiger partial charge < -0.3 is 10.1 Å². The molecule has 0 atom stereocenters. The lowest BCUT2D eigenvalue weighted by atomic mass is 10.2. The maximum atomic E-state index is 13.4. The van der Waals surface area contributed by atoms with Gasteiger partial charge in [-0.15, -0.1) is 0 Å². The van der Waals surface area contributed by atoms with Gasteiger partial charge in [-0.3, -0.25) is 9.10 Å². The lowest BCUT2D eigenvalue weighted by molar-refractivity contribution is -0.119. The summed E-state index contributed by atoms with van der Waals surface area (Å²) in [6.45, 7) is 2.45. The second-order valence-corrected chi connectivity index (χ2v) is 10.7. The highest BCUT2D eigenvalue weighted by Gasteiger charge is 2.27. The zero-order chi connectivity index (χ0) is 23.1. The molecule has 1 amide bonds. The lowest BCUT2D eigenvalue weighted by Crippen LogP contribution is -2.41. The number of anilines is 1. The average Bonchev–Trinajstić information content (AvgIpc) is 3.25. The quantitative estimate of drug-likeness (QED) is 0.469. The molecule has 2 aromatic rings. The third-order valence-electron chi connectivity index (χ3n) is 5.33. The number of sulfonamides is 1. The Balaban J connectivity index is 1.69. The predicted molar refractivity (Wildman–Crippen MR) is 128 cm³/mol. The van der Waals surface area contributed by atoms with E-state index in [0.29, 0.717) is 25.7 Å². The van der Waals surface area contributed by atoms with Crippen molar-refractivity contribution >= 4 is 44.8 Å². The molecular formula is C23H28Cl2N2O4S. The van der Waals surface area contributed by atoms with Crippen LogP contribution in [0.15, 0.2) is 47.4 Å². The van der Waals surface area contributed by atoms with E-state index in [1.807, 2.05) is 6.92 Å². The fourth-order valence-corrected chi connectivity index (χ4v) is 5.55. The van der Waals surface area contributed by atoms with Crippen molar-refractivity contribution in [2.45, 2.75) is 50.0 Å². The topological polar surface area (TPSA) is 75.7 Å². The van der Waals surface area contributed by atoms with E-state index in [9.17, 15) is 13.2 Å². The van der Waals surface area contributed by atoms with Crippen molar-refractivity contribution in [3.05, 3.63) is 58.1 Å². The number of nitrogens with zero attached hydrogens (tertiary/aromatic N) is 1. The third kappa shape index (κ3) is 6.85. The van der Waals surface area contributed by atoms with Crippen LogP contribution in [0.1, 0.15) is 37.7 Å². The lowest BCUT2D eigenvalue weighted by Gasteiger charge is -2.24. The summed E-state index contributed by atoms with van der Waals surface area (Å²) in [4.78, 5) is 12.7. The number of aryl methyl sites for hydroxylation is 1. The summed E-state index contributed by atoms with van der Waals surface area (Å²) < 4.78 is 33.6. The van der Waals surface area contributed by atoms with Crippen molar-refractivity contribution in [2.24, 2.45) is 0 Å². The van der Waals surface area contributed by atoms with Gasteiger partial charge in [0.05, 0.1) is 16.7 Å². The van der Waals surface area contributed by atoms with E-state index in [0.717, 1.165) is 22.7 Å². The highest BCUT2D eigenvalue weighted by atomic mass is 35.5. The number of amides is 1. The van der Waals surface area contributed by atoms with Gasteiger partial charge in [-0.25, -0.2) is 8.42 Å². The van der Waals surface area contributed by atoms with Crippen molar-refractivity contribution in [2.75, 3.05) is 24.0 Å². The van der Waals surface area contributed by atoms with Crippen molar-refractivity contribution in [1.29, 1.82) is 0 Å². The maximum Gasteiger partial charge on any atom is 0.264 e. The molecule has 2 aromatic carbocycles. The minimum atomic E-state index is -4.02. The molecule has 1 N–H and O–H groups in total. The number of ether oxygens (including phenoxy) is 1. The van der Waals surface area contributed by atoms with E-state index in [4.69, 9.17) is 27.9 Å². The van der Waals surface area contributed by atoms with Crippen LogP contribution >= 0.6 is 23.2 Å². The Labute approximate surface area is 199 Å². The molecular weight excluding hydrogens is 471 g/mol. The Morgan fingerprint density at radius 3 is 2.34 bits per heavy atom. The average molecular weight is 499 g/mol. The summed E-state index contributed by atoms with van der Waals surface area (Å²) in [6.07, 6.45) is 5.60. The molecule has 0 aromatic heterocycles.